The maximum atomic E-state index is 12.9. The molecule has 10 heteroatoms. The topological polar surface area (TPSA) is 125 Å². The first-order valence-electron chi connectivity index (χ1n) is 10.0. The van der Waals surface area contributed by atoms with Crippen LogP contribution in [0.25, 0.3) is 0 Å². The van der Waals surface area contributed by atoms with E-state index < -0.39 is 43.3 Å². The highest BCUT2D eigenvalue weighted by Crippen LogP contribution is 2.38. The standard InChI is InChI=1S/C19H36N3O6Si/c1-17(2,3)13-29(7)28-19(11-9-14(15(20)23)22(25)26)10-8-12-21(19)16(24)27-18(4,5)6/h14H,8-13H2,1-7H3,(H2,20,23). The minimum Gasteiger partial charge on any atom is -0.444 e. The molecule has 0 aliphatic carbocycles. The SMILES string of the molecule is C[Si](CC(C)(C)C)OC1(CCC(C(N)=O)[N+](=O)[O-])CCCN1C(=O)OC(C)(C)C. The molecule has 29 heavy (non-hydrogen) atoms. The van der Waals surface area contributed by atoms with E-state index in [1.54, 1.807) is 25.7 Å². The van der Waals surface area contributed by atoms with Crippen LogP contribution in [0.1, 0.15) is 67.2 Å². The summed E-state index contributed by atoms with van der Waals surface area (Å²) < 4.78 is 12.0. The maximum Gasteiger partial charge on any atom is 0.412 e. The van der Waals surface area contributed by atoms with Crippen molar-refractivity contribution in [2.24, 2.45) is 11.1 Å². The van der Waals surface area contributed by atoms with Gasteiger partial charge in [-0.1, -0.05) is 20.8 Å². The molecule has 0 saturated carbocycles. The highest BCUT2D eigenvalue weighted by Gasteiger charge is 2.48. The molecule has 0 bridgehead atoms. The van der Waals surface area contributed by atoms with E-state index in [0.29, 0.717) is 19.4 Å². The predicted molar refractivity (Wildman–Crippen MR) is 111 cm³/mol. The van der Waals surface area contributed by atoms with Gasteiger partial charge in [0.1, 0.15) is 11.3 Å². The number of primary amides is 1. The maximum absolute atomic E-state index is 12.9. The Morgan fingerprint density at radius 1 is 1.28 bits per heavy atom. The fraction of sp³-hybridized carbons (Fsp3) is 0.895. The van der Waals surface area contributed by atoms with Gasteiger partial charge in [-0.15, -0.1) is 0 Å². The van der Waals surface area contributed by atoms with Gasteiger partial charge in [-0.25, -0.2) is 4.79 Å². The lowest BCUT2D eigenvalue weighted by atomic mass is 10.0. The van der Waals surface area contributed by atoms with Crippen LogP contribution in [0.3, 0.4) is 0 Å². The lowest BCUT2D eigenvalue weighted by molar-refractivity contribution is -0.509. The molecule has 0 aromatic rings. The number of ether oxygens (including phenoxy) is 1. The largest absolute Gasteiger partial charge is 0.444 e. The molecule has 2 unspecified atom stereocenters. The summed E-state index contributed by atoms with van der Waals surface area (Å²) in [5.74, 6) is -0.983. The van der Waals surface area contributed by atoms with E-state index in [1.165, 1.54) is 0 Å². The van der Waals surface area contributed by atoms with E-state index in [1.807, 2.05) is 6.55 Å². The third-order valence-electron chi connectivity index (χ3n) is 4.59. The molecular formula is C19H36N3O6Si. The van der Waals surface area contributed by atoms with Gasteiger partial charge < -0.3 is 14.9 Å². The van der Waals surface area contributed by atoms with Crippen LogP contribution in [0.4, 0.5) is 4.79 Å². The molecule has 0 aromatic heterocycles. The Morgan fingerprint density at radius 3 is 2.31 bits per heavy atom. The second kappa shape index (κ2) is 9.42. The van der Waals surface area contributed by atoms with Crippen LogP contribution < -0.4 is 5.73 Å². The number of nitro groups is 1. The van der Waals surface area contributed by atoms with Crippen molar-refractivity contribution in [3.05, 3.63) is 10.1 Å². The van der Waals surface area contributed by atoms with Gasteiger partial charge in [-0.2, -0.15) is 0 Å². The molecule has 1 radical (unpaired) electrons. The predicted octanol–water partition coefficient (Wildman–Crippen LogP) is 3.31. The zero-order chi connectivity index (χ0) is 22.6. The summed E-state index contributed by atoms with van der Waals surface area (Å²) in [7, 11) is -1.32. The van der Waals surface area contributed by atoms with Gasteiger partial charge in [-0.3, -0.25) is 19.8 Å². The van der Waals surface area contributed by atoms with E-state index in [9.17, 15) is 19.7 Å². The van der Waals surface area contributed by atoms with Gasteiger partial charge in [0.15, 0.2) is 0 Å². The van der Waals surface area contributed by atoms with E-state index in [0.717, 1.165) is 6.04 Å². The first-order valence-corrected chi connectivity index (χ1v) is 12.1. The van der Waals surface area contributed by atoms with Crippen LogP contribution in [-0.2, 0) is 14.0 Å². The van der Waals surface area contributed by atoms with Gasteiger partial charge in [0, 0.05) is 24.3 Å². The number of hydrogen-bond donors (Lipinski definition) is 1. The molecule has 1 heterocycles. The van der Waals surface area contributed by atoms with Crippen molar-refractivity contribution < 1.29 is 23.7 Å². The minimum absolute atomic E-state index is 0.0518. The monoisotopic (exact) mass is 430 g/mol. The Hall–Kier alpha value is -1.68. The first kappa shape index (κ1) is 25.4. The summed E-state index contributed by atoms with van der Waals surface area (Å²) in [4.78, 5) is 36.5. The Morgan fingerprint density at radius 2 is 1.86 bits per heavy atom. The van der Waals surface area contributed by atoms with Crippen molar-refractivity contribution in [3.8, 4) is 0 Å². The Labute approximate surface area is 175 Å². The van der Waals surface area contributed by atoms with Crippen LogP contribution in [0.2, 0.25) is 12.6 Å². The molecule has 1 fully saturated rings. The summed E-state index contributed by atoms with van der Waals surface area (Å²) in [6.07, 6.45) is 0.807. The molecule has 1 aliphatic heterocycles. The lowest BCUT2D eigenvalue weighted by Gasteiger charge is -2.41. The van der Waals surface area contributed by atoms with E-state index >= 15 is 0 Å². The normalized spacial score (nSPS) is 21.3. The van der Waals surface area contributed by atoms with Crippen LogP contribution >= 0.6 is 0 Å². The zero-order valence-electron chi connectivity index (χ0n) is 18.7. The molecule has 1 rings (SSSR count). The summed E-state index contributed by atoms with van der Waals surface area (Å²) in [6, 6.07) is -0.664. The van der Waals surface area contributed by atoms with Gasteiger partial charge in [0.25, 0.3) is 11.9 Å². The van der Waals surface area contributed by atoms with Crippen LogP contribution in [0.15, 0.2) is 0 Å². The van der Waals surface area contributed by atoms with Crippen LogP contribution in [0.5, 0.6) is 0 Å². The highest BCUT2D eigenvalue weighted by atomic mass is 28.3. The van der Waals surface area contributed by atoms with Crippen molar-refractivity contribution in [1.29, 1.82) is 0 Å². The third kappa shape index (κ3) is 7.92. The van der Waals surface area contributed by atoms with E-state index in [-0.39, 0.29) is 18.3 Å². The van der Waals surface area contributed by atoms with Crippen LogP contribution in [-0.4, -0.2) is 54.8 Å². The molecule has 0 spiro atoms. The summed E-state index contributed by atoms with van der Waals surface area (Å²) in [6.45, 7) is 14.2. The number of likely N-dealkylation sites (tertiary alicyclic amines) is 1. The molecule has 9 nitrogen and oxygen atoms in total. The zero-order valence-corrected chi connectivity index (χ0v) is 19.7. The smallest absolute Gasteiger partial charge is 0.412 e. The molecular weight excluding hydrogens is 394 g/mol. The molecule has 0 aromatic carbocycles. The summed E-state index contributed by atoms with van der Waals surface area (Å²) in [5.41, 5.74) is 3.57. The molecule has 2 amide bonds. The fourth-order valence-corrected chi connectivity index (χ4v) is 6.19. The van der Waals surface area contributed by atoms with Crippen molar-refractivity contribution >= 4 is 21.0 Å². The highest BCUT2D eigenvalue weighted by molar-refractivity contribution is 6.50. The number of carbonyl (C=O) groups is 2. The number of nitrogens with two attached hydrogens (primary N) is 1. The molecule has 1 saturated heterocycles. The van der Waals surface area contributed by atoms with Crippen molar-refractivity contribution in [2.45, 2.75) is 97.2 Å². The van der Waals surface area contributed by atoms with Gasteiger partial charge in [0.2, 0.25) is 9.04 Å². The first-order chi connectivity index (χ1) is 13.1. The van der Waals surface area contributed by atoms with Gasteiger partial charge in [-0.05, 0) is 51.6 Å². The second-order valence-corrected chi connectivity index (χ2v) is 11.9. The molecule has 2 N–H and O–H groups in total. The van der Waals surface area contributed by atoms with E-state index in [2.05, 4.69) is 20.8 Å². The molecule has 167 valence electrons. The van der Waals surface area contributed by atoms with Crippen molar-refractivity contribution in [3.63, 3.8) is 0 Å². The summed E-state index contributed by atoms with van der Waals surface area (Å²) in [5, 5.41) is 11.2. The quantitative estimate of drug-likeness (QED) is 0.358. The Balaban J connectivity index is 3.13. The summed E-state index contributed by atoms with van der Waals surface area (Å²) >= 11 is 0. The number of hydrogen-bond acceptors (Lipinski definition) is 6. The Kier molecular flexibility index (Phi) is 8.24. The Bertz CT molecular complexity index is 602. The number of rotatable bonds is 8. The van der Waals surface area contributed by atoms with Crippen molar-refractivity contribution in [1.82, 2.24) is 4.90 Å². The average Bonchev–Trinajstić information content (AvgIpc) is 2.86. The number of amides is 2. The van der Waals surface area contributed by atoms with Gasteiger partial charge >= 0.3 is 6.09 Å². The van der Waals surface area contributed by atoms with Gasteiger partial charge in [0.05, 0.1) is 0 Å². The third-order valence-corrected chi connectivity index (χ3v) is 6.88. The molecule has 1 aliphatic rings. The number of nitrogens with zero attached hydrogens (tertiary/aromatic N) is 2. The second-order valence-electron chi connectivity index (χ2n) is 9.97. The van der Waals surface area contributed by atoms with E-state index in [4.69, 9.17) is 14.9 Å². The minimum atomic E-state index is -1.51. The average molecular weight is 431 g/mol. The number of carbonyl (C=O) groups excluding carboxylic acids is 2. The molecule has 2 atom stereocenters. The van der Waals surface area contributed by atoms with Crippen LogP contribution in [0, 0.1) is 15.5 Å². The fourth-order valence-electron chi connectivity index (χ4n) is 3.66. The lowest BCUT2D eigenvalue weighted by Crippen LogP contribution is -2.54. The van der Waals surface area contributed by atoms with Crippen molar-refractivity contribution in [2.75, 3.05) is 6.54 Å².